The quantitative estimate of drug-likeness (QED) is 0.0323. The van der Waals surface area contributed by atoms with Crippen LogP contribution >= 0.6 is 0 Å². The summed E-state index contributed by atoms with van der Waals surface area (Å²) in [6.45, 7) is 4.92. The minimum atomic E-state index is -0.668. The fourth-order valence-electron chi connectivity index (χ4n) is 8.05. The Kier molecular flexibility index (Phi) is 47.1. The lowest BCUT2D eigenvalue weighted by atomic mass is 10.0. The van der Waals surface area contributed by atoms with Gasteiger partial charge in [0.15, 0.2) is 0 Å². The Morgan fingerprint density at radius 1 is 0.466 bits per heavy atom. The number of carbonyl (C=O) groups excluding carboxylic acids is 2. The molecule has 0 fully saturated rings. The van der Waals surface area contributed by atoms with E-state index in [1.165, 1.54) is 199 Å². The number of allylic oxidation sites excluding steroid dienone is 2. The molecule has 58 heavy (non-hydrogen) atoms. The Hall–Kier alpha value is -1.40. The predicted octanol–water partition coefficient (Wildman–Crippen LogP) is 15.3. The second-order valence-corrected chi connectivity index (χ2v) is 17.9. The molecule has 0 aromatic heterocycles. The van der Waals surface area contributed by atoms with Crippen molar-refractivity contribution >= 4 is 11.9 Å². The van der Waals surface area contributed by atoms with Crippen LogP contribution in [-0.4, -0.2) is 47.4 Å². The van der Waals surface area contributed by atoms with Crippen molar-refractivity contribution in [2.45, 2.75) is 296 Å². The highest BCUT2D eigenvalue weighted by Crippen LogP contribution is 2.16. The summed E-state index contributed by atoms with van der Waals surface area (Å²) < 4.78 is 5.46. The first-order valence-electron chi connectivity index (χ1n) is 25.9. The Bertz CT molecular complexity index is 863. The lowest BCUT2D eigenvalue weighted by Gasteiger charge is -2.22. The van der Waals surface area contributed by atoms with Crippen LogP contribution in [0.2, 0.25) is 0 Å². The van der Waals surface area contributed by atoms with Crippen molar-refractivity contribution in [1.82, 2.24) is 5.32 Å². The van der Waals surface area contributed by atoms with E-state index >= 15 is 0 Å². The van der Waals surface area contributed by atoms with Crippen LogP contribution in [0, 0.1) is 0 Å². The minimum Gasteiger partial charge on any atom is -0.466 e. The predicted molar refractivity (Wildman–Crippen MR) is 250 cm³/mol. The molecule has 0 radical (unpaired) electrons. The number of ether oxygens (including phenoxy) is 1. The van der Waals surface area contributed by atoms with Gasteiger partial charge in [0, 0.05) is 12.8 Å². The number of amides is 1. The van der Waals surface area contributed by atoms with Crippen molar-refractivity contribution in [2.75, 3.05) is 13.2 Å². The zero-order valence-electron chi connectivity index (χ0n) is 39.0. The van der Waals surface area contributed by atoms with Crippen LogP contribution in [-0.2, 0) is 14.3 Å². The third kappa shape index (κ3) is 44.2. The Balaban J connectivity index is 3.41. The minimum absolute atomic E-state index is 0.00721. The summed E-state index contributed by atoms with van der Waals surface area (Å²) >= 11 is 0. The molecule has 6 nitrogen and oxygen atoms in total. The van der Waals surface area contributed by atoms with Crippen molar-refractivity contribution in [3.05, 3.63) is 12.2 Å². The maximum absolute atomic E-state index is 12.4. The van der Waals surface area contributed by atoms with Gasteiger partial charge >= 0.3 is 5.97 Å². The molecule has 0 saturated heterocycles. The average molecular weight is 820 g/mol. The van der Waals surface area contributed by atoms with E-state index in [1.807, 2.05) is 0 Å². The van der Waals surface area contributed by atoms with E-state index in [0.717, 1.165) is 51.4 Å². The topological polar surface area (TPSA) is 95.9 Å². The van der Waals surface area contributed by atoms with Gasteiger partial charge in [-0.15, -0.1) is 0 Å². The largest absolute Gasteiger partial charge is 0.466 e. The van der Waals surface area contributed by atoms with E-state index < -0.39 is 12.1 Å². The third-order valence-corrected chi connectivity index (χ3v) is 12.1. The first-order chi connectivity index (χ1) is 28.5. The summed E-state index contributed by atoms with van der Waals surface area (Å²) in [6, 6.07) is -0.546. The zero-order chi connectivity index (χ0) is 42.3. The number of rotatable bonds is 48. The molecule has 0 aliphatic heterocycles. The number of hydrogen-bond donors (Lipinski definition) is 3. The van der Waals surface area contributed by atoms with Crippen molar-refractivity contribution in [3.63, 3.8) is 0 Å². The number of aliphatic hydroxyl groups is 2. The lowest BCUT2D eigenvalue weighted by molar-refractivity contribution is -0.143. The highest BCUT2D eigenvalue weighted by molar-refractivity contribution is 5.76. The second-order valence-electron chi connectivity index (χ2n) is 17.9. The standard InChI is InChI=1S/C52H101NO5/c1-3-5-7-9-11-13-15-16-18-22-26-30-34-38-42-46-52(57)58-47-43-39-35-31-27-23-20-17-19-21-25-29-33-37-41-45-51(56)53-49(48-54)50(55)44-40-36-32-28-24-14-12-10-8-6-4-2/h16,18,49-50,54-55H,3-15,17,19-48H2,1-2H3,(H,53,56)/b18-16-. The van der Waals surface area contributed by atoms with Crippen molar-refractivity contribution in [2.24, 2.45) is 0 Å². The normalized spacial score (nSPS) is 12.7. The van der Waals surface area contributed by atoms with Gasteiger partial charge in [-0.25, -0.2) is 0 Å². The molecule has 3 N–H and O–H groups in total. The summed E-state index contributed by atoms with van der Waals surface area (Å²) in [6.07, 6.45) is 54.6. The van der Waals surface area contributed by atoms with Crippen LogP contribution in [0.25, 0.3) is 0 Å². The summed E-state index contributed by atoms with van der Waals surface area (Å²) in [4.78, 5) is 24.4. The summed E-state index contributed by atoms with van der Waals surface area (Å²) in [5, 5.41) is 23.1. The van der Waals surface area contributed by atoms with Crippen LogP contribution in [0.3, 0.4) is 0 Å². The monoisotopic (exact) mass is 820 g/mol. The number of esters is 1. The molecule has 2 unspecified atom stereocenters. The molecule has 0 bridgehead atoms. The van der Waals surface area contributed by atoms with Gasteiger partial charge in [-0.2, -0.15) is 0 Å². The van der Waals surface area contributed by atoms with Gasteiger partial charge < -0.3 is 20.3 Å². The van der Waals surface area contributed by atoms with E-state index in [1.54, 1.807) is 0 Å². The highest BCUT2D eigenvalue weighted by Gasteiger charge is 2.20. The molecule has 2 atom stereocenters. The molecular formula is C52H101NO5. The number of unbranched alkanes of at least 4 members (excludes halogenated alkanes) is 35. The van der Waals surface area contributed by atoms with Crippen LogP contribution in [0.5, 0.6) is 0 Å². The molecule has 6 heteroatoms. The Morgan fingerprint density at radius 2 is 0.810 bits per heavy atom. The van der Waals surface area contributed by atoms with Crippen LogP contribution in [0.15, 0.2) is 12.2 Å². The Morgan fingerprint density at radius 3 is 1.22 bits per heavy atom. The molecule has 0 aliphatic carbocycles. The number of aliphatic hydroxyl groups excluding tert-OH is 2. The van der Waals surface area contributed by atoms with Gasteiger partial charge in [-0.05, 0) is 51.4 Å². The van der Waals surface area contributed by atoms with Gasteiger partial charge in [0.05, 0.1) is 25.4 Å². The second kappa shape index (κ2) is 48.3. The smallest absolute Gasteiger partial charge is 0.305 e. The zero-order valence-corrected chi connectivity index (χ0v) is 39.0. The van der Waals surface area contributed by atoms with E-state index in [-0.39, 0.29) is 18.5 Å². The number of nitrogens with one attached hydrogen (secondary N) is 1. The van der Waals surface area contributed by atoms with Gasteiger partial charge in [0.1, 0.15) is 0 Å². The van der Waals surface area contributed by atoms with Crippen LogP contribution < -0.4 is 5.32 Å². The summed E-state index contributed by atoms with van der Waals surface area (Å²) in [5.41, 5.74) is 0. The molecule has 0 aliphatic rings. The van der Waals surface area contributed by atoms with Crippen LogP contribution in [0.1, 0.15) is 284 Å². The van der Waals surface area contributed by atoms with E-state index in [0.29, 0.717) is 25.9 Å². The number of carbonyl (C=O) groups is 2. The fraction of sp³-hybridized carbons (Fsp3) is 0.923. The molecule has 0 aromatic rings. The van der Waals surface area contributed by atoms with E-state index in [2.05, 4.69) is 31.3 Å². The van der Waals surface area contributed by atoms with Gasteiger partial charge in [0.2, 0.25) is 5.91 Å². The highest BCUT2D eigenvalue weighted by atomic mass is 16.5. The van der Waals surface area contributed by atoms with Gasteiger partial charge in [-0.3, -0.25) is 9.59 Å². The molecule has 344 valence electrons. The van der Waals surface area contributed by atoms with Crippen molar-refractivity contribution in [3.8, 4) is 0 Å². The maximum Gasteiger partial charge on any atom is 0.305 e. The molecule has 0 rings (SSSR count). The average Bonchev–Trinajstić information content (AvgIpc) is 3.22. The molecule has 0 spiro atoms. The first-order valence-corrected chi connectivity index (χ1v) is 25.9. The molecule has 0 saturated carbocycles. The molecule has 0 heterocycles. The number of hydrogen-bond acceptors (Lipinski definition) is 5. The van der Waals surface area contributed by atoms with Crippen molar-refractivity contribution < 1.29 is 24.5 Å². The third-order valence-electron chi connectivity index (χ3n) is 12.1. The van der Waals surface area contributed by atoms with Gasteiger partial charge in [-0.1, -0.05) is 231 Å². The summed E-state index contributed by atoms with van der Waals surface area (Å²) in [5.74, 6) is -0.0516. The van der Waals surface area contributed by atoms with Gasteiger partial charge in [0.25, 0.3) is 0 Å². The molecule has 1 amide bonds. The first kappa shape index (κ1) is 56.6. The van der Waals surface area contributed by atoms with E-state index in [4.69, 9.17) is 4.74 Å². The molecule has 0 aromatic carbocycles. The Labute approximate surface area is 361 Å². The SMILES string of the molecule is CCCCCCCC/C=C\CCCCCCCC(=O)OCCCCCCCCCCCCCCCCCC(=O)NC(CO)C(O)CCCCCCCCCCCCC. The molecular weight excluding hydrogens is 719 g/mol. The fourth-order valence-corrected chi connectivity index (χ4v) is 8.05. The lowest BCUT2D eigenvalue weighted by Crippen LogP contribution is -2.45. The van der Waals surface area contributed by atoms with Crippen LogP contribution in [0.4, 0.5) is 0 Å². The summed E-state index contributed by atoms with van der Waals surface area (Å²) in [7, 11) is 0. The van der Waals surface area contributed by atoms with Crippen molar-refractivity contribution in [1.29, 1.82) is 0 Å². The van der Waals surface area contributed by atoms with E-state index in [9.17, 15) is 19.8 Å². The maximum atomic E-state index is 12.4.